The molecule has 8 nitrogen and oxygen atoms in total. The number of methoxy groups -OCH3 is 2. The first-order valence-corrected chi connectivity index (χ1v) is 10.7. The molecule has 0 saturated heterocycles. The Bertz CT molecular complexity index is 1030. The van der Waals surface area contributed by atoms with Gasteiger partial charge in [-0.2, -0.15) is 0 Å². The van der Waals surface area contributed by atoms with Crippen molar-refractivity contribution in [1.29, 1.82) is 0 Å². The molecular formula is C24H27ClN2O6. The zero-order chi connectivity index (χ0) is 24.4. The quantitative estimate of drug-likeness (QED) is 0.412. The van der Waals surface area contributed by atoms with Crippen molar-refractivity contribution in [3.05, 3.63) is 58.6 Å². The number of rotatable bonds is 10. The standard InChI is InChI=1S/C24H27ClN2O6/c1-5-27(6-2)24(30)17-8-7-9-18(14-17)26-21(28)15-33-22(29)11-10-16-12-19(25)23(32-4)20(13-16)31-3/h7-14H,5-6,15H2,1-4H3,(H,26,28)/b11-10+. The third-order valence-electron chi connectivity index (χ3n) is 4.66. The summed E-state index contributed by atoms with van der Waals surface area (Å²) >= 11 is 6.14. The number of benzene rings is 2. The number of esters is 1. The first kappa shape index (κ1) is 25.7. The molecule has 9 heteroatoms. The van der Waals surface area contributed by atoms with Crippen LogP contribution in [0.15, 0.2) is 42.5 Å². The largest absolute Gasteiger partial charge is 0.493 e. The molecule has 0 aliphatic rings. The summed E-state index contributed by atoms with van der Waals surface area (Å²) < 4.78 is 15.4. The Morgan fingerprint density at radius 3 is 2.42 bits per heavy atom. The molecule has 2 amide bonds. The lowest BCUT2D eigenvalue weighted by Crippen LogP contribution is -2.30. The SMILES string of the molecule is CCN(CC)C(=O)c1cccc(NC(=O)COC(=O)/C=C/c2cc(Cl)c(OC)c(OC)c2)c1. The normalized spacial score (nSPS) is 10.6. The van der Waals surface area contributed by atoms with Crippen molar-refractivity contribution >= 4 is 41.1 Å². The van der Waals surface area contributed by atoms with Gasteiger partial charge >= 0.3 is 5.97 Å². The maximum absolute atomic E-state index is 12.5. The molecule has 0 radical (unpaired) electrons. The second-order valence-corrected chi connectivity index (χ2v) is 7.19. The van der Waals surface area contributed by atoms with Gasteiger partial charge in [-0.25, -0.2) is 4.79 Å². The molecule has 0 fully saturated rings. The van der Waals surface area contributed by atoms with E-state index in [4.69, 9.17) is 25.8 Å². The van der Waals surface area contributed by atoms with Crippen LogP contribution in [0.3, 0.4) is 0 Å². The summed E-state index contributed by atoms with van der Waals surface area (Å²) in [4.78, 5) is 38.3. The Kier molecular flexibility index (Phi) is 9.75. The van der Waals surface area contributed by atoms with Crippen molar-refractivity contribution < 1.29 is 28.6 Å². The van der Waals surface area contributed by atoms with Crippen LogP contribution in [0.25, 0.3) is 6.08 Å². The second-order valence-electron chi connectivity index (χ2n) is 6.79. The van der Waals surface area contributed by atoms with E-state index in [1.165, 1.54) is 26.4 Å². The Balaban J connectivity index is 1.94. The van der Waals surface area contributed by atoms with Crippen molar-refractivity contribution in [3.8, 4) is 11.5 Å². The molecule has 1 N–H and O–H groups in total. The lowest BCUT2D eigenvalue weighted by molar-refractivity contribution is -0.142. The number of anilines is 1. The minimum absolute atomic E-state index is 0.122. The highest BCUT2D eigenvalue weighted by molar-refractivity contribution is 6.32. The molecular weight excluding hydrogens is 448 g/mol. The number of amides is 2. The summed E-state index contributed by atoms with van der Waals surface area (Å²) in [7, 11) is 2.95. The van der Waals surface area contributed by atoms with Crippen molar-refractivity contribution in [3.63, 3.8) is 0 Å². The van der Waals surface area contributed by atoms with Gasteiger partial charge in [-0.15, -0.1) is 0 Å². The molecule has 0 spiro atoms. The van der Waals surface area contributed by atoms with Crippen LogP contribution < -0.4 is 14.8 Å². The minimum Gasteiger partial charge on any atom is -0.493 e. The van der Waals surface area contributed by atoms with Crippen LogP contribution in [0.4, 0.5) is 5.69 Å². The second kappa shape index (κ2) is 12.5. The molecule has 0 atom stereocenters. The van der Waals surface area contributed by atoms with Crippen LogP contribution in [0, 0.1) is 0 Å². The van der Waals surface area contributed by atoms with Crippen LogP contribution in [0.1, 0.15) is 29.8 Å². The van der Waals surface area contributed by atoms with Gasteiger partial charge in [0.25, 0.3) is 11.8 Å². The van der Waals surface area contributed by atoms with Crippen LogP contribution >= 0.6 is 11.6 Å². The van der Waals surface area contributed by atoms with E-state index in [0.717, 1.165) is 0 Å². The molecule has 0 aliphatic heterocycles. The van der Waals surface area contributed by atoms with Crippen LogP contribution in [-0.4, -0.2) is 56.6 Å². The number of hydrogen-bond acceptors (Lipinski definition) is 6. The van der Waals surface area contributed by atoms with Crippen LogP contribution in [0.2, 0.25) is 5.02 Å². The summed E-state index contributed by atoms with van der Waals surface area (Å²) in [5, 5.41) is 2.94. The number of nitrogens with one attached hydrogen (secondary N) is 1. The fourth-order valence-corrected chi connectivity index (χ4v) is 3.30. The number of carbonyl (C=O) groups excluding carboxylic acids is 3. The predicted molar refractivity (Wildman–Crippen MR) is 127 cm³/mol. The van der Waals surface area contributed by atoms with E-state index in [1.54, 1.807) is 41.3 Å². The number of carbonyl (C=O) groups is 3. The molecule has 2 aromatic carbocycles. The molecule has 2 aromatic rings. The molecule has 0 saturated carbocycles. The fourth-order valence-electron chi connectivity index (χ4n) is 3.00. The van der Waals surface area contributed by atoms with E-state index in [-0.39, 0.29) is 5.91 Å². The van der Waals surface area contributed by atoms with Crippen molar-refractivity contribution in [2.75, 3.05) is 39.2 Å². The lowest BCUT2D eigenvalue weighted by Gasteiger charge is -2.19. The molecule has 0 heterocycles. The predicted octanol–water partition coefficient (Wildman–Crippen LogP) is 4.03. The highest BCUT2D eigenvalue weighted by Gasteiger charge is 2.14. The van der Waals surface area contributed by atoms with Gasteiger partial charge in [-0.1, -0.05) is 17.7 Å². The highest BCUT2D eigenvalue weighted by Crippen LogP contribution is 2.36. The molecule has 176 valence electrons. The summed E-state index contributed by atoms with van der Waals surface area (Å²) in [5.41, 5.74) is 1.49. The summed E-state index contributed by atoms with van der Waals surface area (Å²) in [6.45, 7) is 4.49. The van der Waals surface area contributed by atoms with Gasteiger partial charge in [-0.3, -0.25) is 9.59 Å². The van der Waals surface area contributed by atoms with E-state index in [9.17, 15) is 14.4 Å². The maximum Gasteiger partial charge on any atom is 0.331 e. The number of nitrogens with zero attached hydrogens (tertiary/aromatic N) is 1. The third kappa shape index (κ3) is 7.25. The van der Waals surface area contributed by atoms with E-state index >= 15 is 0 Å². The van der Waals surface area contributed by atoms with E-state index < -0.39 is 18.5 Å². The molecule has 2 rings (SSSR count). The monoisotopic (exact) mass is 474 g/mol. The van der Waals surface area contributed by atoms with Gasteiger partial charge in [0.05, 0.1) is 19.2 Å². The third-order valence-corrected chi connectivity index (χ3v) is 4.94. The van der Waals surface area contributed by atoms with Gasteiger partial charge in [0.15, 0.2) is 18.1 Å². The van der Waals surface area contributed by atoms with Gasteiger partial charge in [0.1, 0.15) is 0 Å². The van der Waals surface area contributed by atoms with Crippen molar-refractivity contribution in [2.24, 2.45) is 0 Å². The summed E-state index contributed by atoms with van der Waals surface area (Å²) in [5.74, 6) is -0.555. The van der Waals surface area contributed by atoms with Gasteiger partial charge in [-0.05, 0) is 55.8 Å². The molecule has 0 bridgehead atoms. The lowest BCUT2D eigenvalue weighted by atomic mass is 10.1. The number of hydrogen-bond donors (Lipinski definition) is 1. The smallest absolute Gasteiger partial charge is 0.331 e. The average molecular weight is 475 g/mol. The Hall–Kier alpha value is -3.52. The van der Waals surface area contributed by atoms with E-state index in [1.807, 2.05) is 13.8 Å². The topological polar surface area (TPSA) is 94.2 Å². The zero-order valence-corrected chi connectivity index (χ0v) is 19.8. The summed E-state index contributed by atoms with van der Waals surface area (Å²) in [6.07, 6.45) is 2.66. The summed E-state index contributed by atoms with van der Waals surface area (Å²) in [6, 6.07) is 9.84. The molecule has 33 heavy (non-hydrogen) atoms. The molecule has 0 aliphatic carbocycles. The van der Waals surface area contributed by atoms with Gasteiger partial charge < -0.3 is 24.4 Å². The van der Waals surface area contributed by atoms with E-state index in [0.29, 0.717) is 46.4 Å². The fraction of sp³-hybridized carbons (Fsp3) is 0.292. The maximum atomic E-state index is 12.5. The van der Waals surface area contributed by atoms with Gasteiger partial charge in [0, 0.05) is 30.4 Å². The highest BCUT2D eigenvalue weighted by atomic mass is 35.5. The Morgan fingerprint density at radius 2 is 1.79 bits per heavy atom. The van der Waals surface area contributed by atoms with E-state index in [2.05, 4.69) is 5.32 Å². The zero-order valence-electron chi connectivity index (χ0n) is 19.0. The first-order chi connectivity index (χ1) is 15.8. The Morgan fingerprint density at radius 1 is 1.06 bits per heavy atom. The van der Waals surface area contributed by atoms with Crippen molar-refractivity contribution in [2.45, 2.75) is 13.8 Å². The number of ether oxygens (including phenoxy) is 3. The Labute approximate surface area is 198 Å². The average Bonchev–Trinajstić information content (AvgIpc) is 2.81. The van der Waals surface area contributed by atoms with Crippen LogP contribution in [-0.2, 0) is 14.3 Å². The first-order valence-electron chi connectivity index (χ1n) is 10.3. The van der Waals surface area contributed by atoms with Crippen LogP contribution in [0.5, 0.6) is 11.5 Å². The number of halogens is 1. The molecule has 0 unspecified atom stereocenters. The van der Waals surface area contributed by atoms with Gasteiger partial charge in [0.2, 0.25) is 0 Å². The molecule has 0 aromatic heterocycles. The van der Waals surface area contributed by atoms with Crippen molar-refractivity contribution in [1.82, 2.24) is 4.90 Å². The minimum atomic E-state index is -0.707.